The maximum atomic E-state index is 14.5. The summed E-state index contributed by atoms with van der Waals surface area (Å²) in [5.41, 5.74) is -3.59. The highest BCUT2D eigenvalue weighted by atomic mass is 16.7. The number of ether oxygens (including phenoxy) is 17. The van der Waals surface area contributed by atoms with Crippen molar-refractivity contribution in [3.63, 3.8) is 0 Å². The van der Waals surface area contributed by atoms with E-state index >= 15 is 0 Å². The average Bonchev–Trinajstić information content (AvgIpc) is 1.32. The second kappa shape index (κ2) is 53.9. The fourth-order valence-electron chi connectivity index (χ4n) is 18.8. The predicted molar refractivity (Wildman–Crippen MR) is 488 cm³/mol. The number of amides is 2. The van der Waals surface area contributed by atoms with Crippen LogP contribution in [0.25, 0.3) is 0 Å². The van der Waals surface area contributed by atoms with E-state index in [9.17, 15) is 59.1 Å². The van der Waals surface area contributed by atoms with Crippen LogP contribution in [0, 0.1) is 35.5 Å². The minimum Gasteiger partial charge on any atom is -0.459 e. The summed E-state index contributed by atoms with van der Waals surface area (Å²) in [7, 11) is 22.5. The van der Waals surface area contributed by atoms with E-state index in [-0.39, 0.29) is 69.2 Å². The molecule has 36 atom stereocenters. The lowest BCUT2D eigenvalue weighted by atomic mass is 9.77. The number of esters is 5. The molecule has 0 saturated carbocycles. The average molecular weight is 1880 g/mol. The zero-order valence-electron chi connectivity index (χ0n) is 85.4. The third-order valence-corrected chi connectivity index (χ3v) is 27.0. The van der Waals surface area contributed by atoms with Crippen molar-refractivity contribution >= 4 is 41.7 Å². The maximum absolute atomic E-state index is 14.5. The molecule has 6 saturated heterocycles. The fourth-order valence-corrected chi connectivity index (χ4v) is 18.8. The number of nitrogens with one attached hydrogen (secondary N) is 3. The van der Waals surface area contributed by atoms with Gasteiger partial charge in [0.2, 0.25) is 11.8 Å². The van der Waals surface area contributed by atoms with Gasteiger partial charge in [0, 0.05) is 124 Å². The van der Waals surface area contributed by atoms with Gasteiger partial charge in [-0.3, -0.25) is 28.8 Å². The molecule has 0 aromatic rings. The lowest BCUT2D eigenvalue weighted by molar-refractivity contribution is -0.320. The van der Waals surface area contributed by atoms with Crippen molar-refractivity contribution < 1.29 is 145 Å². The van der Waals surface area contributed by atoms with Crippen LogP contribution in [0.3, 0.4) is 0 Å². The number of hydrogen-bond donors (Lipinski definition) is 10. The molecule has 11 N–H and O–H groups in total. The first kappa shape index (κ1) is 120. The molecule has 6 aliphatic rings. The number of methoxy groups -OCH3 is 4. The minimum absolute atomic E-state index is 0.0524. The molecule has 0 aromatic heterocycles. The number of rotatable bonds is 28. The lowest BCUT2D eigenvalue weighted by Crippen LogP contribution is -2.61. The molecule has 766 valence electrons. The minimum atomic E-state index is -1.99. The summed E-state index contributed by atoms with van der Waals surface area (Å²) in [6, 6.07) is -2.52. The van der Waals surface area contributed by atoms with Gasteiger partial charge in [0.05, 0.1) is 96.4 Å². The molecule has 6 heterocycles. The number of aliphatic hydroxyl groups excluding tert-OH is 4. The summed E-state index contributed by atoms with van der Waals surface area (Å²) >= 11 is 0. The summed E-state index contributed by atoms with van der Waals surface area (Å²) in [6.45, 7) is 42.6. The van der Waals surface area contributed by atoms with E-state index in [2.05, 4.69) is 27.4 Å². The van der Waals surface area contributed by atoms with Gasteiger partial charge in [-0.25, -0.2) is 4.79 Å². The van der Waals surface area contributed by atoms with Gasteiger partial charge < -0.3 is 152 Å². The van der Waals surface area contributed by atoms with Crippen LogP contribution in [0.15, 0.2) is 12.7 Å². The van der Waals surface area contributed by atoms with Crippen LogP contribution in [0.5, 0.6) is 0 Å². The number of carbonyl (C=O) groups is 7. The quantitative estimate of drug-likeness (QED) is 0.0229. The van der Waals surface area contributed by atoms with Crippen LogP contribution in [0.1, 0.15) is 203 Å². The monoisotopic (exact) mass is 1880 g/mol. The molecule has 6 rings (SSSR count). The standard InChI is InChI=1S/C45H84N4O14.C43H74N2O15.C4H12N2.CH4O/c1-17-32-45(10,55)37(52)29(6)47-40(53)25(2)23-43(8,56-15)38(63-42-35(51)31(49(13)14)22-26(3)58-42)27(4)36(28(5)41(54)60-32)62-34-24-44(9,57-16)39(30(7)59-34)61-33(50)18-19-46-20-21-48(11)12;1-17-30-43(12,51)35(48)26(7)44-38(49)22(3)20-41(10,52-15)36(60-40-34(56-28(9)46)29(45(13)14)19-23(4)54-40)24(5)33(25(6)39(50)57-30)59-32-21-42(11,53-16)37(27(8)55-32)58-31(47)18-2;1-6(2)4-3-5;1-2/h25-32,34-39,42,46,51-52,55H,17-24H2,1-16H3,(H,47,53);18,22-27,29-30,32-37,40,48,51H,2,17,19-21H2,1,3-16H3,(H,44,49);3-5H2,1-2H3;2H,1H3/t25-,26-,27+,28-,29-,30+,31+,32-,34+,35-,36+,37-,38-,39+,42+,43-,44-,45-;22-,23-,24+,25-,26-,27+,29+,30-,32+,33+,34-,35-,36-,37+,40+,41-,42-,43-;;/m11../s1. The molecule has 2 amide bonds. The van der Waals surface area contributed by atoms with Gasteiger partial charge in [-0.15, -0.1) is 0 Å². The molecule has 0 spiro atoms. The first-order chi connectivity index (χ1) is 60.8. The van der Waals surface area contributed by atoms with E-state index in [1.54, 1.807) is 90.0 Å². The summed E-state index contributed by atoms with van der Waals surface area (Å²) in [6.07, 6.45) is -17.0. The molecule has 0 bridgehead atoms. The Morgan fingerprint density at radius 1 is 0.519 bits per heavy atom. The molecule has 6 fully saturated rings. The van der Waals surface area contributed by atoms with E-state index in [1.165, 1.54) is 49.2 Å². The number of likely N-dealkylation sites (N-methyl/N-ethyl adjacent to an activating group) is 4. The molecular weight excluding hydrogens is 1710 g/mol. The molecule has 131 heavy (non-hydrogen) atoms. The van der Waals surface area contributed by atoms with Crippen molar-refractivity contribution in [2.24, 2.45) is 41.2 Å². The molecule has 0 radical (unpaired) electrons. The zero-order chi connectivity index (χ0) is 100. The number of hydrogen-bond acceptors (Lipinski definition) is 36. The fraction of sp³-hybridized carbons (Fsp3) is 0.903. The largest absolute Gasteiger partial charge is 0.459 e. The van der Waals surface area contributed by atoms with Crippen LogP contribution in [0.4, 0.5) is 0 Å². The van der Waals surface area contributed by atoms with E-state index in [0.29, 0.717) is 19.4 Å². The number of aliphatic hydroxyl groups is 6. The molecule has 0 aliphatic carbocycles. The van der Waals surface area contributed by atoms with Gasteiger partial charge in [-0.2, -0.15) is 0 Å². The lowest BCUT2D eigenvalue weighted by Gasteiger charge is -2.50. The molecule has 0 unspecified atom stereocenters. The Morgan fingerprint density at radius 3 is 1.24 bits per heavy atom. The second-order valence-corrected chi connectivity index (χ2v) is 39.0. The Balaban J connectivity index is 0.000000624. The van der Waals surface area contributed by atoms with Gasteiger partial charge in [-0.1, -0.05) is 48.1 Å². The van der Waals surface area contributed by atoms with Crippen molar-refractivity contribution in [3.05, 3.63) is 12.7 Å². The van der Waals surface area contributed by atoms with Crippen molar-refractivity contribution in [2.45, 2.75) is 384 Å². The zero-order valence-corrected chi connectivity index (χ0v) is 85.4. The van der Waals surface area contributed by atoms with E-state index in [4.69, 9.17) is 91.4 Å². The molecule has 38 nitrogen and oxygen atoms in total. The van der Waals surface area contributed by atoms with Crippen LogP contribution in [-0.2, 0) is 114 Å². The van der Waals surface area contributed by atoms with Gasteiger partial charge in [0.1, 0.15) is 52.9 Å². The molecule has 38 heteroatoms. The number of nitrogens with two attached hydrogens (primary N) is 1. The first-order valence-electron chi connectivity index (χ1n) is 46.5. The Morgan fingerprint density at radius 2 is 0.893 bits per heavy atom. The normalized spacial score (nSPS) is 41.0. The third kappa shape index (κ3) is 32.9. The highest BCUT2D eigenvalue weighted by Crippen LogP contribution is 2.46. The molecule has 6 aliphatic heterocycles. The topological polar surface area (TPSA) is 473 Å². The van der Waals surface area contributed by atoms with E-state index in [1.807, 2.05) is 106 Å². The maximum Gasteiger partial charge on any atom is 0.330 e. The predicted octanol–water partition coefficient (Wildman–Crippen LogP) is 3.99. The van der Waals surface area contributed by atoms with Gasteiger partial charge in [0.25, 0.3) is 0 Å². The smallest absolute Gasteiger partial charge is 0.330 e. The van der Waals surface area contributed by atoms with Gasteiger partial charge >= 0.3 is 29.8 Å². The number of nitrogens with zero attached hydrogens (tertiary/aromatic N) is 4. The highest BCUT2D eigenvalue weighted by Gasteiger charge is 2.59. The number of carbonyl (C=O) groups excluding carboxylic acids is 7. The van der Waals surface area contributed by atoms with Crippen molar-refractivity contribution in [1.29, 1.82) is 0 Å². The first-order valence-corrected chi connectivity index (χ1v) is 46.5. The van der Waals surface area contributed by atoms with Gasteiger partial charge in [0.15, 0.2) is 43.5 Å². The summed E-state index contributed by atoms with van der Waals surface area (Å²) in [4.78, 5) is 103. The highest BCUT2D eigenvalue weighted by molar-refractivity contribution is 5.81. The van der Waals surface area contributed by atoms with Crippen LogP contribution >= 0.6 is 0 Å². The van der Waals surface area contributed by atoms with Crippen LogP contribution < -0.4 is 21.7 Å². The molecular formula is C93H174N8O30. The van der Waals surface area contributed by atoms with Crippen molar-refractivity contribution in [1.82, 2.24) is 35.6 Å². The summed E-state index contributed by atoms with van der Waals surface area (Å²) in [5, 5.41) is 74.0. The van der Waals surface area contributed by atoms with E-state index < -0.39 is 233 Å². The Bertz CT molecular complexity index is 3460. The Kier molecular flexibility index (Phi) is 49.4. The van der Waals surface area contributed by atoms with Crippen LogP contribution in [0.2, 0.25) is 0 Å². The Hall–Kier alpha value is -4.93. The summed E-state index contributed by atoms with van der Waals surface area (Å²) < 4.78 is 108. The second-order valence-electron chi connectivity index (χ2n) is 39.0. The van der Waals surface area contributed by atoms with Crippen LogP contribution in [-0.4, -0.2) is 397 Å². The summed E-state index contributed by atoms with van der Waals surface area (Å²) in [5.74, 6) is -9.18. The van der Waals surface area contributed by atoms with Crippen molar-refractivity contribution in [2.75, 3.05) is 125 Å². The molecule has 0 aromatic carbocycles. The van der Waals surface area contributed by atoms with Gasteiger partial charge in [-0.05, 0) is 192 Å². The third-order valence-electron chi connectivity index (χ3n) is 27.0. The number of cyclic esters (lactones) is 2. The Labute approximate surface area is 780 Å². The SMILES string of the molecule is C=CC(=O)O[C@H]1[C@H](C)O[C@@H](O[C@H]2[C@H](C)[C@@H](O[C@@H]3O[C@H](C)C[C@H](N(C)C)[C@H]3OC(C)=O)[C@](C)(OC)C[C@@H](C)C(=O)N[C@H](C)[C@@H](O)[C@](C)(O)[C@@H](CC)OC(=O)[C@@H]2C)C[C@@]1(C)OC.CC[C@H]1OC(=O)[C@H](C)[C@@H](O[C@H]2C[C@@](C)(OC)[C@@H](OC(=O)CCNCCN(C)C)[C@H](C)O2)[C@H](C)[C@@H](O[C@@H]2O[C@H](C)C[C@H](N(C)C)[C@H]2O)[C@](C)(OC)C[C@@H](C)C(=O)N[C@H](C)[C@@H](O)[C@]1(C)O.CN(C)CCN.CO. The van der Waals surface area contributed by atoms with E-state index in [0.717, 1.165) is 39.4 Å². The van der Waals surface area contributed by atoms with Crippen molar-refractivity contribution in [3.8, 4) is 0 Å².